The summed E-state index contributed by atoms with van der Waals surface area (Å²) in [5.41, 5.74) is 3.11. The lowest BCUT2D eigenvalue weighted by atomic mass is 9.93. The Morgan fingerprint density at radius 1 is 1.22 bits per heavy atom. The standard InChI is InChI=1S/C24H27NO2/c1-4-10-19(15-17-11-6-5-7-12-17)23(26)25-22-20-14-9-8-13-18(20)16-21(22)27-24(25,2)3/h4-9,11-14,19,21-22H,1,10,15-16H2,2-3H3. The maximum absolute atomic E-state index is 13.7. The first kappa shape index (κ1) is 18.0. The molecule has 3 unspecified atom stereocenters. The van der Waals surface area contributed by atoms with Crippen LogP contribution in [-0.4, -0.2) is 22.6 Å². The van der Waals surface area contributed by atoms with Gasteiger partial charge in [-0.25, -0.2) is 0 Å². The fourth-order valence-electron chi connectivity index (χ4n) is 4.68. The van der Waals surface area contributed by atoms with Crippen LogP contribution in [0.3, 0.4) is 0 Å². The molecular weight excluding hydrogens is 334 g/mol. The van der Waals surface area contributed by atoms with E-state index < -0.39 is 5.72 Å². The normalized spacial score (nSPS) is 23.6. The number of ether oxygens (including phenoxy) is 1. The zero-order valence-electron chi connectivity index (χ0n) is 16.1. The van der Waals surface area contributed by atoms with Gasteiger partial charge in [0.2, 0.25) is 5.91 Å². The Hall–Kier alpha value is -2.39. The molecule has 27 heavy (non-hydrogen) atoms. The van der Waals surface area contributed by atoms with Gasteiger partial charge in [0, 0.05) is 12.3 Å². The fourth-order valence-corrected chi connectivity index (χ4v) is 4.68. The lowest BCUT2D eigenvalue weighted by molar-refractivity contribution is -0.152. The highest BCUT2D eigenvalue weighted by molar-refractivity contribution is 5.81. The summed E-state index contributed by atoms with van der Waals surface area (Å²) in [5, 5.41) is 0. The van der Waals surface area contributed by atoms with Gasteiger partial charge in [-0.2, -0.15) is 0 Å². The molecule has 2 aromatic carbocycles. The number of fused-ring (bicyclic) bond motifs is 3. The molecule has 0 spiro atoms. The topological polar surface area (TPSA) is 29.5 Å². The Balaban J connectivity index is 1.66. The maximum atomic E-state index is 13.7. The van der Waals surface area contributed by atoms with Crippen molar-refractivity contribution in [2.75, 3.05) is 0 Å². The van der Waals surface area contributed by atoms with Gasteiger partial charge in [-0.05, 0) is 43.4 Å². The number of benzene rings is 2. The summed E-state index contributed by atoms with van der Waals surface area (Å²) in [5.74, 6) is 0.0345. The Morgan fingerprint density at radius 3 is 2.67 bits per heavy atom. The van der Waals surface area contributed by atoms with Crippen LogP contribution in [0.25, 0.3) is 0 Å². The van der Waals surface area contributed by atoms with Gasteiger partial charge in [0.15, 0.2) is 0 Å². The number of amides is 1. The van der Waals surface area contributed by atoms with E-state index >= 15 is 0 Å². The fraction of sp³-hybridized carbons (Fsp3) is 0.375. The van der Waals surface area contributed by atoms with Crippen molar-refractivity contribution < 1.29 is 9.53 Å². The Labute approximate surface area is 161 Å². The van der Waals surface area contributed by atoms with Gasteiger partial charge in [-0.15, -0.1) is 6.58 Å². The third-order valence-electron chi connectivity index (χ3n) is 5.81. The summed E-state index contributed by atoms with van der Waals surface area (Å²) in [6.45, 7) is 7.91. The number of nitrogens with zero attached hydrogens (tertiary/aromatic N) is 1. The van der Waals surface area contributed by atoms with Crippen LogP contribution >= 0.6 is 0 Å². The van der Waals surface area contributed by atoms with E-state index in [1.807, 2.05) is 43.0 Å². The van der Waals surface area contributed by atoms with Crippen LogP contribution in [0, 0.1) is 5.92 Å². The summed E-state index contributed by atoms with van der Waals surface area (Å²) in [6.07, 6.45) is 4.16. The molecule has 1 amide bonds. The molecule has 1 saturated heterocycles. The molecule has 2 aliphatic rings. The second-order valence-electron chi connectivity index (χ2n) is 8.07. The first-order chi connectivity index (χ1) is 13.0. The van der Waals surface area contributed by atoms with Gasteiger partial charge in [0.1, 0.15) is 5.72 Å². The van der Waals surface area contributed by atoms with Gasteiger partial charge in [0.05, 0.1) is 12.1 Å². The van der Waals surface area contributed by atoms with Crippen LogP contribution in [0.5, 0.6) is 0 Å². The van der Waals surface area contributed by atoms with Gasteiger partial charge >= 0.3 is 0 Å². The molecule has 4 rings (SSSR count). The summed E-state index contributed by atoms with van der Waals surface area (Å²) in [7, 11) is 0. The van der Waals surface area contributed by atoms with Crippen molar-refractivity contribution in [3.63, 3.8) is 0 Å². The molecule has 1 fully saturated rings. The van der Waals surface area contributed by atoms with Gasteiger partial charge in [-0.3, -0.25) is 4.79 Å². The molecule has 0 radical (unpaired) electrons. The van der Waals surface area contributed by atoms with Crippen molar-refractivity contribution in [1.82, 2.24) is 4.90 Å². The highest BCUT2D eigenvalue weighted by Gasteiger charge is 2.54. The van der Waals surface area contributed by atoms with Crippen molar-refractivity contribution in [1.29, 1.82) is 0 Å². The van der Waals surface area contributed by atoms with Crippen LogP contribution in [0.2, 0.25) is 0 Å². The molecular formula is C24H27NO2. The maximum Gasteiger partial charge on any atom is 0.229 e. The minimum Gasteiger partial charge on any atom is -0.350 e. The Morgan fingerprint density at radius 2 is 1.93 bits per heavy atom. The minimum absolute atomic E-state index is 0.00629. The van der Waals surface area contributed by atoms with Gasteiger partial charge < -0.3 is 9.64 Å². The number of allylic oxidation sites excluding steroid dienone is 1. The highest BCUT2D eigenvalue weighted by Crippen LogP contribution is 2.48. The van der Waals surface area contributed by atoms with E-state index in [9.17, 15) is 4.79 Å². The lowest BCUT2D eigenvalue weighted by Gasteiger charge is -2.36. The van der Waals surface area contributed by atoms with E-state index in [0.717, 1.165) is 12.8 Å². The number of rotatable bonds is 5. The number of hydrogen-bond donors (Lipinski definition) is 0. The second-order valence-corrected chi connectivity index (χ2v) is 8.07. The molecule has 0 bridgehead atoms. The predicted octanol–water partition coefficient (Wildman–Crippen LogP) is 4.68. The highest BCUT2D eigenvalue weighted by atomic mass is 16.5. The van der Waals surface area contributed by atoms with Crippen molar-refractivity contribution in [2.45, 2.75) is 51.0 Å². The molecule has 3 nitrogen and oxygen atoms in total. The number of carbonyl (C=O) groups excluding carboxylic acids is 1. The monoisotopic (exact) mass is 361 g/mol. The van der Waals surface area contributed by atoms with Gasteiger partial charge in [0.25, 0.3) is 0 Å². The molecule has 1 heterocycles. The van der Waals surface area contributed by atoms with Crippen molar-refractivity contribution in [2.24, 2.45) is 5.92 Å². The van der Waals surface area contributed by atoms with Crippen LogP contribution in [0.15, 0.2) is 67.3 Å². The first-order valence-corrected chi connectivity index (χ1v) is 9.75. The molecule has 3 heteroatoms. The summed E-state index contributed by atoms with van der Waals surface area (Å²) in [6, 6.07) is 18.6. The van der Waals surface area contributed by atoms with Crippen LogP contribution in [-0.2, 0) is 22.4 Å². The second kappa shape index (κ2) is 6.97. The zero-order valence-corrected chi connectivity index (χ0v) is 16.1. The van der Waals surface area contributed by atoms with Crippen LogP contribution in [0.1, 0.15) is 43.0 Å². The quantitative estimate of drug-likeness (QED) is 0.724. The summed E-state index contributed by atoms with van der Waals surface area (Å²) >= 11 is 0. The predicted molar refractivity (Wildman–Crippen MR) is 107 cm³/mol. The van der Waals surface area contributed by atoms with E-state index in [0.29, 0.717) is 6.42 Å². The van der Waals surface area contributed by atoms with Gasteiger partial charge in [-0.1, -0.05) is 60.7 Å². The SMILES string of the molecule is C=CCC(Cc1ccccc1)C(=O)N1C2c3ccccc3CC2OC1(C)C. The molecule has 3 atom stereocenters. The average Bonchev–Trinajstić information content (AvgIpc) is 3.12. The van der Waals surface area contributed by atoms with E-state index in [1.54, 1.807) is 0 Å². The van der Waals surface area contributed by atoms with Crippen molar-refractivity contribution in [3.8, 4) is 0 Å². The van der Waals surface area contributed by atoms with E-state index in [2.05, 4.69) is 43.0 Å². The Bertz CT molecular complexity index is 842. The molecule has 1 aliphatic heterocycles. The minimum atomic E-state index is -0.601. The number of hydrogen-bond acceptors (Lipinski definition) is 2. The smallest absolute Gasteiger partial charge is 0.229 e. The first-order valence-electron chi connectivity index (χ1n) is 9.75. The van der Waals surface area contributed by atoms with Crippen molar-refractivity contribution in [3.05, 3.63) is 83.9 Å². The molecule has 2 aromatic rings. The third kappa shape index (κ3) is 3.21. The molecule has 0 aromatic heterocycles. The van der Waals surface area contributed by atoms with Crippen LogP contribution < -0.4 is 0 Å². The van der Waals surface area contributed by atoms with Crippen LogP contribution in [0.4, 0.5) is 0 Å². The third-order valence-corrected chi connectivity index (χ3v) is 5.81. The molecule has 0 saturated carbocycles. The number of carbonyl (C=O) groups is 1. The largest absolute Gasteiger partial charge is 0.350 e. The van der Waals surface area contributed by atoms with E-state index in [1.165, 1.54) is 16.7 Å². The van der Waals surface area contributed by atoms with E-state index in [4.69, 9.17) is 4.74 Å². The zero-order chi connectivity index (χ0) is 19.0. The summed E-state index contributed by atoms with van der Waals surface area (Å²) < 4.78 is 6.35. The molecule has 1 aliphatic carbocycles. The molecule has 140 valence electrons. The lowest BCUT2D eigenvalue weighted by Crippen LogP contribution is -2.47. The molecule has 0 N–H and O–H groups in total. The summed E-state index contributed by atoms with van der Waals surface area (Å²) in [4.78, 5) is 15.7. The van der Waals surface area contributed by atoms with Crippen molar-refractivity contribution >= 4 is 5.91 Å². The Kier molecular flexibility index (Phi) is 4.65. The average molecular weight is 361 g/mol. The van der Waals surface area contributed by atoms with E-state index in [-0.39, 0.29) is 24.0 Å².